The van der Waals surface area contributed by atoms with Gasteiger partial charge >= 0.3 is 0 Å². The summed E-state index contributed by atoms with van der Waals surface area (Å²) in [6.45, 7) is 5.36. The SMILES string of the molecule is CC(C)n1c(CNC(=O)C2(S(C)(=O)=O)CCNCC2)nc2ccccc21.Cl.Cl. The first-order valence-electron chi connectivity index (χ1n) is 8.91. The second-order valence-electron chi connectivity index (χ2n) is 7.18. The molecule has 0 bridgehead atoms. The van der Waals surface area contributed by atoms with Gasteiger partial charge in [-0.25, -0.2) is 13.4 Å². The lowest BCUT2D eigenvalue weighted by atomic mass is 9.96. The summed E-state index contributed by atoms with van der Waals surface area (Å²) >= 11 is 0. The van der Waals surface area contributed by atoms with Crippen molar-refractivity contribution < 1.29 is 13.2 Å². The van der Waals surface area contributed by atoms with Gasteiger partial charge < -0.3 is 15.2 Å². The molecule has 0 aliphatic carbocycles. The highest BCUT2D eigenvalue weighted by Gasteiger charge is 2.48. The predicted molar refractivity (Wildman–Crippen MR) is 116 cm³/mol. The van der Waals surface area contributed by atoms with Crippen LogP contribution in [0.15, 0.2) is 24.3 Å². The van der Waals surface area contributed by atoms with E-state index in [4.69, 9.17) is 0 Å². The fourth-order valence-electron chi connectivity index (χ4n) is 3.71. The largest absolute Gasteiger partial charge is 0.347 e. The van der Waals surface area contributed by atoms with Crippen LogP contribution in [0.2, 0.25) is 0 Å². The van der Waals surface area contributed by atoms with E-state index >= 15 is 0 Å². The van der Waals surface area contributed by atoms with E-state index in [1.54, 1.807) is 0 Å². The highest BCUT2D eigenvalue weighted by molar-refractivity contribution is 7.92. The zero-order chi connectivity index (χ0) is 18.9. The molecule has 1 aromatic heterocycles. The summed E-state index contributed by atoms with van der Waals surface area (Å²) in [4.78, 5) is 17.5. The van der Waals surface area contributed by atoms with E-state index in [1.807, 2.05) is 24.3 Å². The Morgan fingerprint density at radius 3 is 2.43 bits per heavy atom. The minimum absolute atomic E-state index is 0. The van der Waals surface area contributed by atoms with Crippen molar-refractivity contribution in [1.82, 2.24) is 20.2 Å². The molecule has 1 amide bonds. The molecule has 0 saturated carbocycles. The summed E-state index contributed by atoms with van der Waals surface area (Å²) in [5.74, 6) is 0.302. The van der Waals surface area contributed by atoms with Gasteiger partial charge in [-0.3, -0.25) is 4.79 Å². The van der Waals surface area contributed by atoms with Gasteiger partial charge in [0.05, 0.1) is 17.6 Å². The van der Waals surface area contributed by atoms with Gasteiger partial charge in [-0.1, -0.05) is 12.1 Å². The number of fused-ring (bicyclic) bond motifs is 1. The maximum atomic E-state index is 12.9. The van der Waals surface area contributed by atoms with Gasteiger partial charge in [-0.2, -0.15) is 0 Å². The van der Waals surface area contributed by atoms with E-state index in [-0.39, 0.29) is 50.2 Å². The number of imidazole rings is 1. The van der Waals surface area contributed by atoms with Crippen molar-refractivity contribution in [2.45, 2.75) is 44.0 Å². The summed E-state index contributed by atoms with van der Waals surface area (Å²) in [5, 5.41) is 5.96. The van der Waals surface area contributed by atoms with E-state index in [0.29, 0.717) is 13.1 Å². The van der Waals surface area contributed by atoms with E-state index in [2.05, 4.69) is 34.0 Å². The highest BCUT2D eigenvalue weighted by atomic mass is 35.5. The van der Waals surface area contributed by atoms with Crippen LogP contribution in [-0.4, -0.2) is 48.0 Å². The summed E-state index contributed by atoms with van der Waals surface area (Å²) in [7, 11) is -3.52. The van der Waals surface area contributed by atoms with Gasteiger partial charge in [0.25, 0.3) is 0 Å². The second-order valence-corrected chi connectivity index (χ2v) is 9.51. The number of amides is 1. The number of para-hydroxylation sites is 2. The quantitative estimate of drug-likeness (QED) is 0.728. The zero-order valence-electron chi connectivity index (χ0n) is 16.3. The molecule has 0 spiro atoms. The van der Waals surface area contributed by atoms with Crippen LogP contribution in [0.4, 0.5) is 0 Å². The second kappa shape index (κ2) is 9.43. The van der Waals surface area contributed by atoms with Gasteiger partial charge in [0, 0.05) is 12.3 Å². The molecule has 7 nitrogen and oxygen atoms in total. The minimum atomic E-state index is -3.52. The highest BCUT2D eigenvalue weighted by Crippen LogP contribution is 2.28. The van der Waals surface area contributed by atoms with Crippen LogP contribution < -0.4 is 10.6 Å². The molecule has 0 radical (unpaired) electrons. The predicted octanol–water partition coefficient (Wildman–Crippen LogP) is 2.24. The lowest BCUT2D eigenvalue weighted by molar-refractivity contribution is -0.124. The molecular formula is C18H28Cl2N4O3S. The average molecular weight is 451 g/mol. The Morgan fingerprint density at radius 2 is 1.86 bits per heavy atom. The number of sulfone groups is 1. The van der Waals surface area contributed by atoms with Crippen molar-refractivity contribution in [3.8, 4) is 0 Å². The first kappa shape index (κ1) is 24.7. The maximum absolute atomic E-state index is 12.9. The van der Waals surface area contributed by atoms with Gasteiger partial charge in [0.15, 0.2) is 14.6 Å². The first-order valence-corrected chi connectivity index (χ1v) is 10.8. The molecule has 158 valence electrons. The number of rotatable bonds is 5. The molecule has 2 aromatic rings. The summed E-state index contributed by atoms with van der Waals surface area (Å²) in [6.07, 6.45) is 1.73. The molecule has 3 rings (SSSR count). The van der Waals surface area contributed by atoms with Crippen molar-refractivity contribution in [1.29, 1.82) is 0 Å². The standard InChI is InChI=1S/C18H26N4O3S.2ClH/c1-13(2)22-15-7-5-4-6-14(15)21-16(22)12-20-17(23)18(26(3,24)25)8-10-19-11-9-18;;/h4-7,13,19H,8-12H2,1-3H3,(H,20,23);2*1H. The Kier molecular flexibility index (Phi) is 8.32. The van der Waals surface area contributed by atoms with Crippen molar-refractivity contribution in [2.75, 3.05) is 19.3 Å². The van der Waals surface area contributed by atoms with Gasteiger partial charge in [0.2, 0.25) is 5.91 Å². The topological polar surface area (TPSA) is 93.1 Å². The number of carbonyl (C=O) groups excluding carboxylic acids is 1. The number of nitrogens with zero attached hydrogens (tertiary/aromatic N) is 2. The number of benzene rings is 1. The number of carbonyl (C=O) groups is 1. The molecular weight excluding hydrogens is 423 g/mol. The van der Waals surface area contributed by atoms with Crippen molar-refractivity contribution >= 4 is 51.6 Å². The Bertz CT molecular complexity index is 922. The van der Waals surface area contributed by atoms with Crippen molar-refractivity contribution in [3.63, 3.8) is 0 Å². The molecule has 1 aromatic carbocycles. The average Bonchev–Trinajstić information content (AvgIpc) is 2.97. The first-order chi connectivity index (χ1) is 12.3. The van der Waals surface area contributed by atoms with Crippen LogP contribution in [0.3, 0.4) is 0 Å². The molecule has 1 aliphatic rings. The fourth-order valence-corrected chi connectivity index (χ4v) is 5.07. The Hall–Kier alpha value is -1.35. The minimum Gasteiger partial charge on any atom is -0.347 e. The molecule has 1 aliphatic heterocycles. The third-order valence-electron chi connectivity index (χ3n) is 5.13. The molecule has 2 N–H and O–H groups in total. The van der Waals surface area contributed by atoms with Crippen LogP contribution in [0, 0.1) is 0 Å². The van der Waals surface area contributed by atoms with E-state index in [0.717, 1.165) is 23.1 Å². The van der Waals surface area contributed by atoms with Crippen LogP contribution in [0.5, 0.6) is 0 Å². The van der Waals surface area contributed by atoms with E-state index in [9.17, 15) is 13.2 Å². The summed E-state index contributed by atoms with van der Waals surface area (Å²) in [5.41, 5.74) is 1.87. The smallest absolute Gasteiger partial charge is 0.241 e. The molecule has 1 fully saturated rings. The van der Waals surface area contributed by atoms with Crippen molar-refractivity contribution in [3.05, 3.63) is 30.1 Å². The van der Waals surface area contributed by atoms with Gasteiger partial charge in [-0.05, 0) is 51.9 Å². The molecule has 0 unspecified atom stereocenters. The third kappa shape index (κ3) is 4.45. The lowest BCUT2D eigenvalue weighted by Gasteiger charge is -2.34. The Balaban J connectivity index is 0.00000196. The van der Waals surface area contributed by atoms with Gasteiger partial charge in [-0.15, -0.1) is 24.8 Å². The fraction of sp³-hybridized carbons (Fsp3) is 0.556. The molecule has 28 heavy (non-hydrogen) atoms. The molecule has 10 heteroatoms. The van der Waals surface area contributed by atoms with E-state index < -0.39 is 20.5 Å². The number of aromatic nitrogens is 2. The Labute approximate surface area is 178 Å². The normalized spacial score (nSPS) is 16.3. The number of hydrogen-bond acceptors (Lipinski definition) is 5. The lowest BCUT2D eigenvalue weighted by Crippen LogP contribution is -2.57. The number of nitrogens with one attached hydrogen (secondary N) is 2. The van der Waals surface area contributed by atoms with Crippen LogP contribution >= 0.6 is 24.8 Å². The molecule has 1 saturated heterocycles. The maximum Gasteiger partial charge on any atom is 0.241 e. The van der Waals surface area contributed by atoms with Crippen molar-refractivity contribution in [2.24, 2.45) is 0 Å². The summed E-state index contributed by atoms with van der Waals surface area (Å²) in [6, 6.07) is 8.00. The Morgan fingerprint density at radius 1 is 1.25 bits per heavy atom. The number of hydrogen-bond donors (Lipinski definition) is 2. The monoisotopic (exact) mass is 450 g/mol. The molecule has 2 heterocycles. The van der Waals surface area contributed by atoms with Crippen LogP contribution in [0.25, 0.3) is 11.0 Å². The van der Waals surface area contributed by atoms with Crippen LogP contribution in [0.1, 0.15) is 38.6 Å². The number of halogens is 2. The zero-order valence-corrected chi connectivity index (χ0v) is 18.7. The third-order valence-corrected chi connectivity index (χ3v) is 7.14. The summed E-state index contributed by atoms with van der Waals surface area (Å²) < 4.78 is 25.5. The van der Waals surface area contributed by atoms with Crippen LogP contribution in [-0.2, 0) is 21.2 Å². The number of piperidine rings is 1. The van der Waals surface area contributed by atoms with Gasteiger partial charge in [0.1, 0.15) is 5.82 Å². The van der Waals surface area contributed by atoms with E-state index in [1.165, 1.54) is 0 Å². The molecule has 0 atom stereocenters.